The first-order valence-electron chi connectivity index (χ1n) is 9.57. The van der Waals surface area contributed by atoms with Gasteiger partial charge >= 0.3 is 0 Å². The number of fused-ring (bicyclic) bond motifs is 8. The Hall–Kier alpha value is -2.66. The highest BCUT2D eigenvalue weighted by atomic mass is 35.5. The summed E-state index contributed by atoms with van der Waals surface area (Å²) < 4.78 is 0. The molecule has 0 unspecified atom stereocenters. The van der Waals surface area contributed by atoms with Gasteiger partial charge in [0.05, 0.1) is 23.2 Å². The van der Waals surface area contributed by atoms with E-state index in [4.69, 9.17) is 16.4 Å². The van der Waals surface area contributed by atoms with E-state index in [1.54, 1.807) is 0 Å². The average molecular weight is 393 g/mol. The fraction of sp³-hybridized carbons (Fsp3) is 0.318. The highest BCUT2D eigenvalue weighted by molar-refractivity contribution is 6.30. The molecule has 28 heavy (non-hydrogen) atoms. The van der Waals surface area contributed by atoms with Crippen LogP contribution in [-0.4, -0.2) is 23.6 Å². The SMILES string of the molecule is O=C1[C@@H]2[C@H]3C[C@@H]([C@@H]4ON=C(c5ccc(Cl)cc5)[C@@H]34)[C@H]2C(=O)N1c1ccccc1. The van der Waals surface area contributed by atoms with Gasteiger partial charge in [-0.1, -0.05) is 47.1 Å². The van der Waals surface area contributed by atoms with Crippen LogP contribution in [-0.2, 0) is 14.4 Å². The smallest absolute Gasteiger partial charge is 0.238 e. The van der Waals surface area contributed by atoms with Crippen LogP contribution in [0.5, 0.6) is 0 Å². The Morgan fingerprint density at radius 3 is 2.29 bits per heavy atom. The van der Waals surface area contributed by atoms with Crippen LogP contribution in [0.15, 0.2) is 59.8 Å². The number of hydrogen-bond donors (Lipinski definition) is 0. The Morgan fingerprint density at radius 2 is 1.57 bits per heavy atom. The number of nitrogens with zero attached hydrogens (tertiary/aromatic N) is 2. The molecule has 1 saturated heterocycles. The Labute approximate surface area is 166 Å². The lowest BCUT2D eigenvalue weighted by Crippen LogP contribution is -2.41. The molecule has 2 aliphatic heterocycles. The first-order chi connectivity index (χ1) is 13.6. The topological polar surface area (TPSA) is 59.0 Å². The van der Waals surface area contributed by atoms with Gasteiger partial charge in [-0.05, 0) is 42.2 Å². The van der Waals surface area contributed by atoms with Crippen molar-refractivity contribution in [1.29, 1.82) is 0 Å². The van der Waals surface area contributed by atoms with E-state index in [-0.39, 0.29) is 47.5 Å². The van der Waals surface area contributed by atoms with Crippen molar-refractivity contribution in [1.82, 2.24) is 0 Å². The maximum absolute atomic E-state index is 13.3. The van der Waals surface area contributed by atoms with Gasteiger partial charge in [-0.15, -0.1) is 0 Å². The van der Waals surface area contributed by atoms with Crippen LogP contribution in [0.1, 0.15) is 12.0 Å². The molecule has 2 heterocycles. The van der Waals surface area contributed by atoms with E-state index in [2.05, 4.69) is 5.16 Å². The van der Waals surface area contributed by atoms with Crippen LogP contribution in [0, 0.1) is 29.6 Å². The molecule has 6 rings (SSSR count). The number of hydrogen-bond acceptors (Lipinski definition) is 4. The lowest BCUT2D eigenvalue weighted by Gasteiger charge is -2.29. The van der Waals surface area contributed by atoms with Crippen molar-refractivity contribution in [3.8, 4) is 0 Å². The van der Waals surface area contributed by atoms with Crippen LogP contribution >= 0.6 is 11.6 Å². The molecule has 2 amide bonds. The predicted octanol–water partition coefficient (Wildman–Crippen LogP) is 3.51. The maximum Gasteiger partial charge on any atom is 0.238 e. The van der Waals surface area contributed by atoms with E-state index in [0.717, 1.165) is 17.7 Å². The number of rotatable bonds is 2. The Morgan fingerprint density at radius 1 is 0.893 bits per heavy atom. The summed E-state index contributed by atoms with van der Waals surface area (Å²) in [6.07, 6.45) is 0.724. The zero-order chi connectivity index (χ0) is 19.0. The number of anilines is 1. The average Bonchev–Trinajstić information content (AvgIpc) is 3.44. The molecule has 5 nitrogen and oxygen atoms in total. The van der Waals surface area contributed by atoms with E-state index in [1.165, 1.54) is 4.90 Å². The summed E-state index contributed by atoms with van der Waals surface area (Å²) in [4.78, 5) is 33.6. The zero-order valence-corrected chi connectivity index (χ0v) is 15.6. The van der Waals surface area contributed by atoms with Crippen molar-refractivity contribution >= 4 is 34.8 Å². The van der Waals surface area contributed by atoms with Crippen molar-refractivity contribution in [2.45, 2.75) is 12.5 Å². The summed E-state index contributed by atoms with van der Waals surface area (Å²) in [6.45, 7) is 0. The third kappa shape index (κ3) is 2.00. The van der Waals surface area contributed by atoms with Crippen molar-refractivity contribution < 1.29 is 14.4 Å². The minimum Gasteiger partial charge on any atom is -0.391 e. The monoisotopic (exact) mass is 392 g/mol. The van der Waals surface area contributed by atoms with E-state index < -0.39 is 0 Å². The summed E-state index contributed by atoms with van der Waals surface area (Å²) in [5.41, 5.74) is 2.51. The molecule has 6 heteroatoms. The number of amides is 2. The van der Waals surface area contributed by atoms with Crippen LogP contribution in [0.4, 0.5) is 5.69 Å². The minimum atomic E-state index is -0.293. The highest BCUT2D eigenvalue weighted by Crippen LogP contribution is 2.62. The standard InChI is InChI=1S/C22H17ClN2O3/c23-12-8-6-11(7-9-12)19-18-14-10-15(20(18)28-24-19)17-16(14)21(26)25(22(17)27)13-4-2-1-3-5-13/h1-9,14-18,20H,10H2/t14-,15-,16-,17-,18-,20+/m1/s1. The van der Waals surface area contributed by atoms with Gasteiger partial charge in [0.1, 0.15) is 6.10 Å². The number of para-hydroxylation sites is 1. The molecule has 6 atom stereocenters. The fourth-order valence-corrected chi connectivity index (χ4v) is 5.94. The van der Waals surface area contributed by atoms with Gasteiger partial charge < -0.3 is 4.84 Å². The van der Waals surface area contributed by atoms with Crippen LogP contribution in [0.25, 0.3) is 0 Å². The minimum absolute atomic E-state index is 0.0405. The third-order valence-corrected chi connectivity index (χ3v) is 7.10. The number of halogens is 1. The van der Waals surface area contributed by atoms with Crippen molar-refractivity contribution in [2.24, 2.45) is 34.7 Å². The zero-order valence-electron chi connectivity index (χ0n) is 14.9. The van der Waals surface area contributed by atoms with Crippen LogP contribution < -0.4 is 4.90 Å². The lowest BCUT2D eigenvalue weighted by molar-refractivity contribution is -0.125. The number of oxime groups is 1. The second kappa shape index (κ2) is 5.67. The van der Waals surface area contributed by atoms with Crippen LogP contribution in [0.2, 0.25) is 5.02 Å². The lowest BCUT2D eigenvalue weighted by atomic mass is 9.71. The molecule has 140 valence electrons. The van der Waals surface area contributed by atoms with Crippen molar-refractivity contribution in [3.05, 3.63) is 65.2 Å². The highest BCUT2D eigenvalue weighted by Gasteiger charge is 2.70. The van der Waals surface area contributed by atoms with Gasteiger partial charge in [0.2, 0.25) is 11.8 Å². The first kappa shape index (κ1) is 16.3. The van der Waals surface area contributed by atoms with Gasteiger partial charge in [0.15, 0.2) is 0 Å². The molecule has 2 aromatic carbocycles. The Balaban J connectivity index is 1.36. The summed E-state index contributed by atoms with van der Waals surface area (Å²) in [7, 11) is 0. The van der Waals surface area contributed by atoms with Gasteiger partial charge in [-0.3, -0.25) is 14.5 Å². The van der Waals surface area contributed by atoms with Gasteiger partial charge in [0, 0.05) is 16.9 Å². The predicted molar refractivity (Wildman–Crippen MR) is 104 cm³/mol. The largest absolute Gasteiger partial charge is 0.391 e. The fourth-order valence-electron chi connectivity index (χ4n) is 5.82. The molecule has 0 radical (unpaired) electrons. The van der Waals surface area contributed by atoms with E-state index in [9.17, 15) is 9.59 Å². The molecule has 0 N–H and O–H groups in total. The summed E-state index contributed by atoms with van der Waals surface area (Å²) in [5, 5.41) is 5.02. The number of imide groups is 1. The quantitative estimate of drug-likeness (QED) is 0.735. The summed E-state index contributed by atoms with van der Waals surface area (Å²) in [6, 6.07) is 16.8. The molecule has 4 aliphatic rings. The van der Waals surface area contributed by atoms with E-state index in [0.29, 0.717) is 10.7 Å². The van der Waals surface area contributed by atoms with Crippen LogP contribution in [0.3, 0.4) is 0 Å². The number of benzene rings is 2. The molecule has 3 fully saturated rings. The molecule has 2 aromatic rings. The van der Waals surface area contributed by atoms with E-state index >= 15 is 0 Å². The number of carbonyl (C=O) groups is 2. The maximum atomic E-state index is 13.3. The van der Waals surface area contributed by atoms with Gasteiger partial charge in [0.25, 0.3) is 0 Å². The first-order valence-corrected chi connectivity index (χ1v) is 9.95. The normalized spacial score (nSPS) is 35.0. The summed E-state index contributed by atoms with van der Waals surface area (Å²) in [5.74, 6) is -0.553. The van der Waals surface area contributed by atoms with E-state index in [1.807, 2.05) is 54.6 Å². The third-order valence-electron chi connectivity index (χ3n) is 6.84. The molecule has 2 bridgehead atoms. The Bertz CT molecular complexity index is 1020. The second-order valence-electron chi connectivity index (χ2n) is 8.04. The van der Waals surface area contributed by atoms with Crippen molar-refractivity contribution in [3.63, 3.8) is 0 Å². The molecular formula is C22H17ClN2O3. The second-order valence-corrected chi connectivity index (χ2v) is 8.48. The molecule has 0 spiro atoms. The Kier molecular flexibility index (Phi) is 3.30. The van der Waals surface area contributed by atoms with Gasteiger partial charge in [-0.2, -0.15) is 0 Å². The summed E-state index contributed by atoms with van der Waals surface area (Å²) >= 11 is 6.02. The molecule has 0 aromatic heterocycles. The van der Waals surface area contributed by atoms with Crippen molar-refractivity contribution in [2.75, 3.05) is 4.90 Å². The van der Waals surface area contributed by atoms with Gasteiger partial charge in [-0.25, -0.2) is 0 Å². The molecule has 2 aliphatic carbocycles. The molecule has 2 saturated carbocycles. The number of carbonyl (C=O) groups excluding carboxylic acids is 2. The molecular weight excluding hydrogens is 376 g/mol.